The van der Waals surface area contributed by atoms with Gasteiger partial charge in [-0.05, 0) is 31.1 Å². The Morgan fingerprint density at radius 3 is 2.47 bits per heavy atom. The predicted octanol–water partition coefficient (Wildman–Crippen LogP) is 1.07. The van der Waals surface area contributed by atoms with Gasteiger partial charge in [-0.1, -0.05) is 13.8 Å². The van der Waals surface area contributed by atoms with Crippen LogP contribution in [0.25, 0.3) is 0 Å². The van der Waals surface area contributed by atoms with Crippen molar-refractivity contribution in [3.8, 4) is 0 Å². The van der Waals surface area contributed by atoms with E-state index in [1.807, 2.05) is 13.8 Å². The van der Waals surface area contributed by atoms with Crippen molar-refractivity contribution in [3.05, 3.63) is 22.8 Å². The molecule has 2 aliphatic rings. The average Bonchev–Trinajstić information content (AvgIpc) is 2.10. The maximum atomic E-state index is 11.9. The van der Waals surface area contributed by atoms with Crippen LogP contribution in [0.5, 0.6) is 0 Å². The summed E-state index contributed by atoms with van der Waals surface area (Å²) in [5.41, 5.74) is -0.390. The molecule has 92 valence electrons. The van der Waals surface area contributed by atoms with Gasteiger partial charge in [-0.25, -0.2) is 0 Å². The van der Waals surface area contributed by atoms with Crippen molar-refractivity contribution < 1.29 is 14.7 Å². The van der Waals surface area contributed by atoms with Crippen molar-refractivity contribution >= 4 is 11.7 Å². The minimum absolute atomic E-state index is 0.0612. The van der Waals surface area contributed by atoms with Gasteiger partial charge in [0.05, 0.1) is 0 Å². The number of piperidine rings is 1. The second-order valence-electron chi connectivity index (χ2n) is 5.53. The average molecular weight is 235 g/mol. The minimum Gasteiger partial charge on any atom is -0.364 e. The molecule has 1 heterocycles. The summed E-state index contributed by atoms with van der Waals surface area (Å²) in [4.78, 5) is 23.6. The van der Waals surface area contributed by atoms with Crippen molar-refractivity contribution in [3.63, 3.8) is 0 Å². The molecule has 4 heteroatoms. The summed E-state index contributed by atoms with van der Waals surface area (Å²) in [6.45, 7) is 7.10. The van der Waals surface area contributed by atoms with Gasteiger partial charge in [-0.2, -0.15) is 0 Å². The van der Waals surface area contributed by atoms with Gasteiger partial charge >= 0.3 is 0 Å². The van der Waals surface area contributed by atoms with Crippen LogP contribution >= 0.6 is 0 Å². The van der Waals surface area contributed by atoms with E-state index in [1.165, 1.54) is 6.08 Å². The highest BCUT2D eigenvalue weighted by Crippen LogP contribution is 2.45. The quantitative estimate of drug-likeness (QED) is 0.660. The SMILES string of the molecule is CC1=CC2(O)NC(=O)CC(C)(C)C2=C(C)C1=O. The van der Waals surface area contributed by atoms with Gasteiger partial charge in [0.25, 0.3) is 0 Å². The highest BCUT2D eigenvalue weighted by Gasteiger charge is 2.49. The molecule has 0 aromatic carbocycles. The van der Waals surface area contributed by atoms with Crippen LogP contribution in [0.15, 0.2) is 22.8 Å². The lowest BCUT2D eigenvalue weighted by Crippen LogP contribution is -2.59. The normalized spacial score (nSPS) is 31.9. The van der Waals surface area contributed by atoms with E-state index in [0.29, 0.717) is 16.7 Å². The Bertz CT molecular complexity index is 485. The summed E-state index contributed by atoms with van der Waals surface area (Å²) in [5, 5.41) is 13.1. The summed E-state index contributed by atoms with van der Waals surface area (Å²) < 4.78 is 0. The molecule has 1 saturated heterocycles. The summed E-state index contributed by atoms with van der Waals surface area (Å²) in [6, 6.07) is 0. The maximum Gasteiger partial charge on any atom is 0.223 e. The van der Waals surface area contributed by atoms with Gasteiger partial charge in [0.2, 0.25) is 5.91 Å². The molecule has 17 heavy (non-hydrogen) atoms. The number of carbonyl (C=O) groups excluding carboxylic acids is 2. The molecule has 0 aromatic heterocycles. The van der Waals surface area contributed by atoms with E-state index in [-0.39, 0.29) is 18.1 Å². The number of carbonyl (C=O) groups is 2. The van der Waals surface area contributed by atoms with Gasteiger partial charge in [0, 0.05) is 17.4 Å². The van der Waals surface area contributed by atoms with Crippen LogP contribution in [-0.2, 0) is 9.59 Å². The number of hydrogen-bond donors (Lipinski definition) is 2. The number of nitrogens with one attached hydrogen (secondary N) is 1. The van der Waals surface area contributed by atoms with Crippen molar-refractivity contribution in [2.24, 2.45) is 5.41 Å². The predicted molar refractivity (Wildman–Crippen MR) is 63.0 cm³/mol. The molecule has 1 unspecified atom stereocenters. The Labute approximate surface area is 100 Å². The van der Waals surface area contributed by atoms with E-state index in [2.05, 4.69) is 5.32 Å². The molecule has 1 atom stereocenters. The largest absolute Gasteiger partial charge is 0.364 e. The summed E-state index contributed by atoms with van der Waals surface area (Å²) >= 11 is 0. The molecule has 1 amide bonds. The molecule has 2 rings (SSSR count). The van der Waals surface area contributed by atoms with Crippen LogP contribution in [0.4, 0.5) is 0 Å². The number of ketones is 1. The molecule has 1 aliphatic heterocycles. The fourth-order valence-corrected chi connectivity index (χ4v) is 3.01. The first-order valence-corrected chi connectivity index (χ1v) is 5.67. The molecular formula is C13H17NO3. The zero-order chi connectivity index (χ0) is 13.0. The van der Waals surface area contributed by atoms with Crippen LogP contribution in [-0.4, -0.2) is 22.5 Å². The standard InChI is InChI=1S/C13H17NO3/c1-7-5-13(17)11(8(2)10(7)16)12(3,4)6-9(15)14-13/h5,17H,6H2,1-4H3,(H,14,15). The topological polar surface area (TPSA) is 66.4 Å². The van der Waals surface area contributed by atoms with Crippen molar-refractivity contribution in [1.82, 2.24) is 5.32 Å². The molecule has 1 aliphatic carbocycles. The van der Waals surface area contributed by atoms with Crippen LogP contribution in [0.1, 0.15) is 34.1 Å². The second-order valence-corrected chi connectivity index (χ2v) is 5.53. The number of allylic oxidation sites excluding steroid dienone is 2. The Morgan fingerprint density at radius 1 is 1.29 bits per heavy atom. The van der Waals surface area contributed by atoms with E-state index in [0.717, 1.165) is 0 Å². The van der Waals surface area contributed by atoms with E-state index in [9.17, 15) is 14.7 Å². The summed E-state index contributed by atoms with van der Waals surface area (Å²) in [5.74, 6) is -0.263. The smallest absolute Gasteiger partial charge is 0.223 e. The Balaban J connectivity index is 2.66. The number of rotatable bonds is 0. The second kappa shape index (κ2) is 3.29. The van der Waals surface area contributed by atoms with Crippen LogP contribution in [0.3, 0.4) is 0 Å². The zero-order valence-corrected chi connectivity index (χ0v) is 10.5. The lowest BCUT2D eigenvalue weighted by atomic mass is 9.67. The fourth-order valence-electron chi connectivity index (χ4n) is 3.01. The lowest BCUT2D eigenvalue weighted by molar-refractivity contribution is -0.131. The molecule has 0 aromatic rings. The van der Waals surface area contributed by atoms with Gasteiger partial charge < -0.3 is 10.4 Å². The highest BCUT2D eigenvalue weighted by atomic mass is 16.3. The zero-order valence-electron chi connectivity index (χ0n) is 10.5. The monoisotopic (exact) mass is 235 g/mol. The molecule has 0 spiro atoms. The first-order chi connectivity index (χ1) is 7.67. The first-order valence-electron chi connectivity index (χ1n) is 5.67. The molecule has 2 N–H and O–H groups in total. The number of fused-ring (bicyclic) bond motifs is 1. The Kier molecular flexibility index (Phi) is 2.33. The molecule has 1 fully saturated rings. The maximum absolute atomic E-state index is 11.9. The number of amides is 1. The van der Waals surface area contributed by atoms with Crippen molar-refractivity contribution in [1.29, 1.82) is 0 Å². The van der Waals surface area contributed by atoms with E-state index < -0.39 is 11.1 Å². The van der Waals surface area contributed by atoms with Crippen molar-refractivity contribution in [2.45, 2.75) is 39.8 Å². The van der Waals surface area contributed by atoms with Gasteiger partial charge in [0.15, 0.2) is 11.5 Å². The lowest BCUT2D eigenvalue weighted by Gasteiger charge is -2.45. The van der Waals surface area contributed by atoms with Crippen molar-refractivity contribution in [2.75, 3.05) is 0 Å². The molecule has 0 radical (unpaired) electrons. The molecule has 4 nitrogen and oxygen atoms in total. The van der Waals surface area contributed by atoms with Crippen LogP contribution in [0.2, 0.25) is 0 Å². The van der Waals surface area contributed by atoms with Crippen LogP contribution in [0, 0.1) is 5.41 Å². The van der Waals surface area contributed by atoms with Crippen LogP contribution < -0.4 is 5.32 Å². The number of Topliss-reactive ketones (excluding diaryl/α,β-unsaturated/α-hetero) is 1. The van der Waals surface area contributed by atoms with Gasteiger partial charge in [-0.15, -0.1) is 0 Å². The molecular weight excluding hydrogens is 218 g/mol. The summed E-state index contributed by atoms with van der Waals surface area (Å²) in [7, 11) is 0. The molecule has 0 saturated carbocycles. The highest BCUT2D eigenvalue weighted by molar-refractivity contribution is 6.10. The third-order valence-electron chi connectivity index (χ3n) is 3.49. The van der Waals surface area contributed by atoms with E-state index in [1.54, 1.807) is 13.8 Å². The van der Waals surface area contributed by atoms with Gasteiger partial charge in [-0.3, -0.25) is 9.59 Å². The third kappa shape index (κ3) is 1.63. The Morgan fingerprint density at radius 2 is 1.88 bits per heavy atom. The summed E-state index contributed by atoms with van der Waals surface area (Å²) in [6.07, 6.45) is 1.72. The number of hydrogen-bond acceptors (Lipinski definition) is 3. The van der Waals surface area contributed by atoms with E-state index in [4.69, 9.17) is 0 Å². The fraction of sp³-hybridized carbons (Fsp3) is 0.538. The van der Waals surface area contributed by atoms with Gasteiger partial charge in [0.1, 0.15) is 0 Å². The minimum atomic E-state index is -1.50. The molecule has 0 bridgehead atoms. The van der Waals surface area contributed by atoms with E-state index >= 15 is 0 Å². The third-order valence-corrected chi connectivity index (χ3v) is 3.49. The number of aliphatic hydroxyl groups is 1. The first kappa shape index (κ1) is 12.0. The Hall–Kier alpha value is -1.42.